The molecule has 4 rings (SSSR count). The Labute approximate surface area is 136 Å². The van der Waals surface area contributed by atoms with Gasteiger partial charge in [0.15, 0.2) is 5.76 Å². The lowest BCUT2D eigenvalue weighted by molar-refractivity contribution is -0.131. The molecule has 6 heteroatoms. The molecular formula is C18H10N2O4. The molecule has 2 aliphatic heterocycles. The summed E-state index contributed by atoms with van der Waals surface area (Å²) in [6.45, 7) is 0. The SMILES string of the molecule is O=Nc1ccc(C2=C3C(=O)NC(c4ccccc4)=C3C(=O)O2)cc1. The van der Waals surface area contributed by atoms with Gasteiger partial charge < -0.3 is 10.1 Å². The third-order valence-corrected chi connectivity index (χ3v) is 3.89. The van der Waals surface area contributed by atoms with Gasteiger partial charge in [0, 0.05) is 5.56 Å². The fraction of sp³-hybridized carbons (Fsp3) is 0. The Balaban J connectivity index is 1.87. The van der Waals surface area contributed by atoms with Gasteiger partial charge in [-0.3, -0.25) is 4.79 Å². The number of carbonyl (C=O) groups excluding carboxylic acids is 2. The van der Waals surface area contributed by atoms with E-state index in [1.54, 1.807) is 24.3 Å². The van der Waals surface area contributed by atoms with Crippen LogP contribution in [0.4, 0.5) is 5.69 Å². The molecule has 1 amide bonds. The van der Waals surface area contributed by atoms with Gasteiger partial charge in [0.1, 0.15) is 11.3 Å². The first-order valence-corrected chi connectivity index (χ1v) is 7.20. The first-order chi connectivity index (χ1) is 11.7. The second-order valence-corrected chi connectivity index (χ2v) is 5.30. The molecule has 6 nitrogen and oxygen atoms in total. The number of hydrogen-bond donors (Lipinski definition) is 1. The molecule has 0 saturated heterocycles. The van der Waals surface area contributed by atoms with E-state index >= 15 is 0 Å². The minimum atomic E-state index is -0.574. The van der Waals surface area contributed by atoms with Crippen molar-refractivity contribution in [3.63, 3.8) is 0 Å². The second kappa shape index (κ2) is 5.27. The average Bonchev–Trinajstić information content (AvgIpc) is 3.15. The number of fused-ring (bicyclic) bond motifs is 1. The molecule has 0 radical (unpaired) electrons. The highest BCUT2D eigenvalue weighted by Crippen LogP contribution is 2.40. The normalized spacial score (nSPS) is 16.2. The number of nitroso groups, excluding NO2 is 1. The van der Waals surface area contributed by atoms with E-state index in [4.69, 9.17) is 4.74 Å². The van der Waals surface area contributed by atoms with Crippen LogP contribution in [0.2, 0.25) is 0 Å². The van der Waals surface area contributed by atoms with Gasteiger partial charge in [0.25, 0.3) is 5.91 Å². The molecule has 116 valence electrons. The maximum absolute atomic E-state index is 12.4. The van der Waals surface area contributed by atoms with Crippen molar-refractivity contribution in [1.29, 1.82) is 0 Å². The van der Waals surface area contributed by atoms with Crippen LogP contribution in [0.15, 0.2) is 70.9 Å². The molecule has 2 aliphatic rings. The van der Waals surface area contributed by atoms with Crippen LogP contribution in [0.25, 0.3) is 11.5 Å². The van der Waals surface area contributed by atoms with Crippen LogP contribution in [-0.2, 0) is 14.3 Å². The number of cyclic esters (lactones) is 1. The summed E-state index contributed by atoms with van der Waals surface area (Å²) in [5.74, 6) is -0.770. The number of amides is 1. The molecule has 0 unspecified atom stereocenters. The summed E-state index contributed by atoms with van der Waals surface area (Å²) in [4.78, 5) is 35.2. The van der Waals surface area contributed by atoms with E-state index in [0.717, 1.165) is 5.56 Å². The maximum Gasteiger partial charge on any atom is 0.346 e. The first-order valence-electron chi connectivity index (χ1n) is 7.20. The number of nitrogens with one attached hydrogen (secondary N) is 1. The Kier molecular flexibility index (Phi) is 3.09. The molecule has 0 bridgehead atoms. The Bertz CT molecular complexity index is 941. The van der Waals surface area contributed by atoms with E-state index in [9.17, 15) is 14.5 Å². The van der Waals surface area contributed by atoms with Crippen molar-refractivity contribution >= 4 is 29.0 Å². The number of hydrogen-bond acceptors (Lipinski definition) is 5. The van der Waals surface area contributed by atoms with E-state index in [1.807, 2.05) is 18.2 Å². The molecular weight excluding hydrogens is 308 g/mol. The number of ether oxygens (including phenoxy) is 1. The summed E-state index contributed by atoms with van der Waals surface area (Å²) in [6, 6.07) is 15.3. The summed E-state index contributed by atoms with van der Waals surface area (Å²) in [5, 5.41) is 5.56. The summed E-state index contributed by atoms with van der Waals surface area (Å²) in [6.07, 6.45) is 0. The Hall–Kier alpha value is -3.54. The van der Waals surface area contributed by atoms with Crippen LogP contribution in [0.3, 0.4) is 0 Å². The number of benzene rings is 2. The maximum atomic E-state index is 12.4. The van der Waals surface area contributed by atoms with Gasteiger partial charge in [-0.1, -0.05) is 30.3 Å². The molecule has 2 aromatic rings. The fourth-order valence-corrected chi connectivity index (χ4v) is 2.79. The predicted octanol–water partition coefficient (Wildman–Crippen LogP) is 2.89. The molecule has 0 fully saturated rings. The zero-order chi connectivity index (χ0) is 16.7. The van der Waals surface area contributed by atoms with E-state index in [0.29, 0.717) is 11.3 Å². The molecule has 0 aliphatic carbocycles. The largest absolute Gasteiger partial charge is 0.421 e. The van der Waals surface area contributed by atoms with Gasteiger partial charge in [0.2, 0.25) is 0 Å². The van der Waals surface area contributed by atoms with Gasteiger partial charge in [-0.05, 0) is 35.0 Å². The van der Waals surface area contributed by atoms with Crippen molar-refractivity contribution in [2.24, 2.45) is 5.18 Å². The number of nitrogens with zero attached hydrogens (tertiary/aromatic N) is 1. The van der Waals surface area contributed by atoms with Crippen LogP contribution in [0.1, 0.15) is 11.1 Å². The summed E-state index contributed by atoms with van der Waals surface area (Å²) in [5.41, 5.74) is 2.41. The zero-order valence-electron chi connectivity index (χ0n) is 12.3. The standard InChI is InChI=1S/C18H10N2O4/c21-17-14-13(15(19-17)10-4-2-1-3-5-10)18(22)24-16(14)11-6-8-12(20-23)9-7-11/h1-9H,(H,19,21). The van der Waals surface area contributed by atoms with E-state index in [2.05, 4.69) is 10.5 Å². The first kappa shape index (κ1) is 14.1. The molecule has 2 aromatic carbocycles. The minimum Gasteiger partial charge on any atom is -0.421 e. The molecule has 1 N–H and O–H groups in total. The topological polar surface area (TPSA) is 84.8 Å². The summed E-state index contributed by atoms with van der Waals surface area (Å²) >= 11 is 0. The van der Waals surface area contributed by atoms with Gasteiger partial charge in [-0.2, -0.15) is 0 Å². The van der Waals surface area contributed by atoms with Crippen molar-refractivity contribution in [2.45, 2.75) is 0 Å². The lowest BCUT2D eigenvalue weighted by Crippen LogP contribution is -2.16. The van der Waals surface area contributed by atoms with Gasteiger partial charge in [-0.25, -0.2) is 4.79 Å². The lowest BCUT2D eigenvalue weighted by atomic mass is 10.0. The van der Waals surface area contributed by atoms with Crippen LogP contribution in [0.5, 0.6) is 0 Å². The van der Waals surface area contributed by atoms with Crippen molar-refractivity contribution in [2.75, 3.05) is 0 Å². The van der Waals surface area contributed by atoms with Crippen molar-refractivity contribution in [3.8, 4) is 0 Å². The zero-order valence-corrected chi connectivity index (χ0v) is 12.3. The summed E-state index contributed by atoms with van der Waals surface area (Å²) < 4.78 is 5.32. The van der Waals surface area contributed by atoms with Crippen molar-refractivity contribution < 1.29 is 14.3 Å². The number of esters is 1. The minimum absolute atomic E-state index is 0.191. The third-order valence-electron chi connectivity index (χ3n) is 3.89. The third kappa shape index (κ3) is 2.04. The molecule has 0 atom stereocenters. The van der Waals surface area contributed by atoms with Gasteiger partial charge in [0.05, 0.1) is 11.3 Å². The van der Waals surface area contributed by atoms with Crippen molar-refractivity contribution in [3.05, 3.63) is 81.8 Å². The monoisotopic (exact) mass is 318 g/mol. The average molecular weight is 318 g/mol. The van der Waals surface area contributed by atoms with Crippen molar-refractivity contribution in [1.82, 2.24) is 5.32 Å². The van der Waals surface area contributed by atoms with E-state index in [-0.39, 0.29) is 28.5 Å². The molecule has 0 spiro atoms. The molecule has 0 saturated carbocycles. The Morgan fingerprint density at radius 1 is 0.833 bits per heavy atom. The predicted molar refractivity (Wildman–Crippen MR) is 86.4 cm³/mol. The van der Waals surface area contributed by atoms with E-state index < -0.39 is 5.97 Å². The van der Waals surface area contributed by atoms with Gasteiger partial charge >= 0.3 is 5.97 Å². The highest BCUT2D eigenvalue weighted by atomic mass is 16.5. The Morgan fingerprint density at radius 2 is 1.54 bits per heavy atom. The van der Waals surface area contributed by atoms with Gasteiger partial charge in [-0.15, -0.1) is 4.91 Å². The lowest BCUT2D eigenvalue weighted by Gasteiger charge is -2.06. The summed E-state index contributed by atoms with van der Waals surface area (Å²) in [7, 11) is 0. The second-order valence-electron chi connectivity index (χ2n) is 5.30. The molecule has 0 aromatic heterocycles. The van der Waals surface area contributed by atoms with Crippen LogP contribution >= 0.6 is 0 Å². The highest BCUT2D eigenvalue weighted by molar-refractivity contribution is 6.27. The van der Waals surface area contributed by atoms with Crippen LogP contribution in [-0.4, -0.2) is 11.9 Å². The molecule has 2 heterocycles. The smallest absolute Gasteiger partial charge is 0.346 e. The quantitative estimate of drug-likeness (QED) is 0.696. The van der Waals surface area contributed by atoms with Crippen LogP contribution in [0, 0.1) is 4.91 Å². The van der Waals surface area contributed by atoms with Crippen LogP contribution < -0.4 is 5.32 Å². The fourth-order valence-electron chi connectivity index (χ4n) is 2.79. The highest BCUT2D eigenvalue weighted by Gasteiger charge is 2.42. The number of rotatable bonds is 3. The number of carbonyl (C=O) groups is 2. The Morgan fingerprint density at radius 3 is 2.21 bits per heavy atom. The van der Waals surface area contributed by atoms with E-state index in [1.165, 1.54) is 12.1 Å². The molecule has 24 heavy (non-hydrogen) atoms.